The molecule has 0 atom stereocenters. The number of rotatable bonds is 7. The lowest BCUT2D eigenvalue weighted by molar-refractivity contribution is -0.133. The number of allylic oxidation sites excluding steroid dienone is 6. The Hall–Kier alpha value is -3.02. The molecule has 6 heteroatoms. The molecule has 1 saturated heterocycles. The second-order valence-corrected chi connectivity index (χ2v) is 11.3. The number of benzene rings is 1. The summed E-state index contributed by atoms with van der Waals surface area (Å²) in [5.41, 5.74) is 2.92. The van der Waals surface area contributed by atoms with E-state index in [4.69, 9.17) is 10.1 Å². The molecule has 1 aliphatic heterocycles. The van der Waals surface area contributed by atoms with Gasteiger partial charge in [0.25, 0.3) is 0 Å². The van der Waals surface area contributed by atoms with Crippen molar-refractivity contribution in [2.75, 3.05) is 13.1 Å². The Kier molecular flexibility index (Phi) is 8.87. The summed E-state index contributed by atoms with van der Waals surface area (Å²) in [7, 11) is 0. The van der Waals surface area contributed by atoms with E-state index in [1.54, 1.807) is 19.1 Å². The van der Waals surface area contributed by atoms with Gasteiger partial charge >= 0.3 is 0 Å². The molecule has 5 nitrogen and oxygen atoms in total. The Balaban J connectivity index is 1.21. The molecule has 2 fully saturated rings. The third-order valence-corrected chi connectivity index (χ3v) is 8.54. The number of nitrogens with zero attached hydrogens (tertiary/aromatic N) is 4. The van der Waals surface area contributed by atoms with Crippen molar-refractivity contribution in [2.45, 2.75) is 90.0 Å². The topological polar surface area (TPSA) is 51.0 Å². The third kappa shape index (κ3) is 6.69. The lowest BCUT2D eigenvalue weighted by Crippen LogP contribution is -2.40. The molecule has 2 aliphatic carbocycles. The van der Waals surface area contributed by atoms with E-state index in [2.05, 4.69) is 30.4 Å². The minimum atomic E-state index is -0.227. The summed E-state index contributed by atoms with van der Waals surface area (Å²) in [4.78, 5) is 20.3. The fourth-order valence-electron chi connectivity index (χ4n) is 6.12. The van der Waals surface area contributed by atoms with E-state index in [9.17, 15) is 9.18 Å². The van der Waals surface area contributed by atoms with Crippen molar-refractivity contribution in [3.63, 3.8) is 0 Å². The Labute approximate surface area is 226 Å². The number of likely N-dealkylation sites (tertiary alicyclic amines) is 1. The van der Waals surface area contributed by atoms with E-state index in [1.165, 1.54) is 37.3 Å². The van der Waals surface area contributed by atoms with Gasteiger partial charge in [-0.1, -0.05) is 55.2 Å². The Morgan fingerprint density at radius 2 is 1.87 bits per heavy atom. The smallest absolute Gasteiger partial charge is 0.244 e. The summed E-state index contributed by atoms with van der Waals surface area (Å²) < 4.78 is 15.7. The molecule has 5 rings (SSSR count). The minimum Gasteiger partial charge on any atom is -0.341 e. The lowest BCUT2D eigenvalue weighted by Gasteiger charge is -2.32. The van der Waals surface area contributed by atoms with Crippen molar-refractivity contribution in [3.8, 4) is 11.4 Å². The molecule has 1 aromatic carbocycles. The fraction of sp³-hybridized carbons (Fsp3) is 0.531. The molecule has 0 unspecified atom stereocenters. The number of aryl methyl sites for hydroxylation is 1. The molecule has 38 heavy (non-hydrogen) atoms. The van der Waals surface area contributed by atoms with Crippen LogP contribution in [0.1, 0.15) is 87.9 Å². The third-order valence-electron chi connectivity index (χ3n) is 8.54. The standard InChI is InChI=1S/C32H41FN4O/c1-24-22-28(16-17-29(24)33)31-34-32(27-12-8-5-9-13-27)37(35-31)23-30(38)36-20-18-26(19-21-36)15-14-25-10-6-3-2-4-7-11-25/h2-4,6,10,16-17,22,26-27H,5,7-9,11-15,18-21,23H2,1H3/b4-2-,6-3-,25-10+. The van der Waals surface area contributed by atoms with Crippen LogP contribution in [0.25, 0.3) is 11.4 Å². The molecular weight excluding hydrogens is 475 g/mol. The van der Waals surface area contributed by atoms with Crippen molar-refractivity contribution >= 4 is 5.91 Å². The van der Waals surface area contributed by atoms with Crippen molar-refractivity contribution in [3.05, 3.63) is 71.4 Å². The fourth-order valence-corrected chi connectivity index (χ4v) is 6.12. The largest absolute Gasteiger partial charge is 0.341 e. The second-order valence-electron chi connectivity index (χ2n) is 11.3. The number of hydrogen-bond donors (Lipinski definition) is 0. The maximum atomic E-state index is 13.9. The average Bonchev–Trinajstić information content (AvgIpc) is 3.34. The van der Waals surface area contributed by atoms with Crippen LogP contribution in [0, 0.1) is 18.7 Å². The molecule has 1 amide bonds. The Bertz CT molecular complexity index is 1200. The second kappa shape index (κ2) is 12.7. The van der Waals surface area contributed by atoms with Gasteiger partial charge in [0.2, 0.25) is 5.91 Å². The van der Waals surface area contributed by atoms with Gasteiger partial charge in [-0.25, -0.2) is 14.1 Å². The molecule has 0 spiro atoms. The van der Waals surface area contributed by atoms with E-state index in [-0.39, 0.29) is 18.3 Å². The van der Waals surface area contributed by atoms with E-state index in [0.717, 1.165) is 69.4 Å². The normalized spacial score (nSPS) is 22.4. The summed E-state index contributed by atoms with van der Waals surface area (Å²) in [5.74, 6) is 2.43. The Morgan fingerprint density at radius 3 is 2.66 bits per heavy atom. The van der Waals surface area contributed by atoms with Gasteiger partial charge in [0.1, 0.15) is 18.2 Å². The summed E-state index contributed by atoms with van der Waals surface area (Å²) in [5, 5.41) is 4.79. The molecule has 1 aromatic heterocycles. The quantitative estimate of drug-likeness (QED) is 0.388. The summed E-state index contributed by atoms with van der Waals surface area (Å²) >= 11 is 0. The number of aromatic nitrogens is 3. The molecule has 2 heterocycles. The van der Waals surface area contributed by atoms with Crippen molar-refractivity contribution in [1.29, 1.82) is 0 Å². The van der Waals surface area contributed by atoms with Gasteiger partial charge < -0.3 is 4.90 Å². The first-order valence-corrected chi connectivity index (χ1v) is 14.6. The first-order chi connectivity index (χ1) is 18.6. The van der Waals surface area contributed by atoms with E-state index < -0.39 is 0 Å². The van der Waals surface area contributed by atoms with Gasteiger partial charge in [0.15, 0.2) is 5.82 Å². The number of carbonyl (C=O) groups is 1. The molecule has 202 valence electrons. The number of piperidine rings is 1. The van der Waals surface area contributed by atoms with Gasteiger partial charge in [0, 0.05) is 24.6 Å². The summed E-state index contributed by atoms with van der Waals surface area (Å²) in [6.07, 6.45) is 23.5. The van der Waals surface area contributed by atoms with Crippen LogP contribution in [0.5, 0.6) is 0 Å². The minimum absolute atomic E-state index is 0.131. The predicted octanol–water partition coefficient (Wildman–Crippen LogP) is 7.29. The van der Waals surface area contributed by atoms with Gasteiger partial charge in [-0.2, -0.15) is 5.10 Å². The average molecular weight is 517 g/mol. The van der Waals surface area contributed by atoms with Gasteiger partial charge in [-0.15, -0.1) is 0 Å². The van der Waals surface area contributed by atoms with E-state index in [1.807, 2.05) is 9.58 Å². The molecule has 0 bridgehead atoms. The lowest BCUT2D eigenvalue weighted by atomic mass is 9.88. The van der Waals surface area contributed by atoms with Crippen LogP contribution in [0.15, 0.2) is 54.2 Å². The van der Waals surface area contributed by atoms with Crippen LogP contribution >= 0.6 is 0 Å². The Morgan fingerprint density at radius 1 is 1.05 bits per heavy atom. The van der Waals surface area contributed by atoms with Crippen LogP contribution in [-0.2, 0) is 11.3 Å². The number of carbonyl (C=O) groups excluding carboxylic acids is 1. The number of hydrogen-bond acceptors (Lipinski definition) is 3. The van der Waals surface area contributed by atoms with Crippen LogP contribution in [0.3, 0.4) is 0 Å². The molecule has 3 aliphatic rings. The zero-order valence-electron chi connectivity index (χ0n) is 22.7. The van der Waals surface area contributed by atoms with Gasteiger partial charge in [-0.05, 0) is 88.0 Å². The van der Waals surface area contributed by atoms with Crippen molar-refractivity contribution < 1.29 is 9.18 Å². The van der Waals surface area contributed by atoms with Crippen molar-refractivity contribution in [1.82, 2.24) is 19.7 Å². The first kappa shape index (κ1) is 26.6. The first-order valence-electron chi connectivity index (χ1n) is 14.6. The van der Waals surface area contributed by atoms with Gasteiger partial charge in [0.05, 0.1) is 0 Å². The van der Waals surface area contributed by atoms with Crippen LogP contribution < -0.4 is 0 Å². The highest BCUT2D eigenvalue weighted by molar-refractivity contribution is 5.76. The van der Waals surface area contributed by atoms with Crippen LogP contribution in [-0.4, -0.2) is 38.7 Å². The van der Waals surface area contributed by atoms with E-state index in [0.29, 0.717) is 23.2 Å². The number of halogens is 1. The maximum absolute atomic E-state index is 13.9. The highest BCUT2D eigenvalue weighted by atomic mass is 19.1. The monoisotopic (exact) mass is 516 g/mol. The maximum Gasteiger partial charge on any atom is 0.244 e. The van der Waals surface area contributed by atoms with Crippen LogP contribution in [0.2, 0.25) is 0 Å². The highest BCUT2D eigenvalue weighted by Crippen LogP contribution is 2.33. The zero-order valence-corrected chi connectivity index (χ0v) is 22.7. The summed E-state index contributed by atoms with van der Waals surface area (Å²) in [6, 6.07) is 5.01. The molecule has 2 aromatic rings. The predicted molar refractivity (Wildman–Crippen MR) is 150 cm³/mol. The SMILES string of the molecule is Cc1cc(-c2nc(C3CCCCC3)n(CC(=O)N3CCC(CC/C4=C/C=C\C=C/CC4)CC3)n2)ccc1F. The molecule has 1 saturated carbocycles. The summed E-state index contributed by atoms with van der Waals surface area (Å²) in [6.45, 7) is 3.63. The van der Waals surface area contributed by atoms with Gasteiger partial charge in [-0.3, -0.25) is 4.79 Å². The zero-order chi connectivity index (χ0) is 26.3. The van der Waals surface area contributed by atoms with E-state index >= 15 is 0 Å². The van der Waals surface area contributed by atoms with Crippen molar-refractivity contribution in [2.24, 2.45) is 5.92 Å². The highest BCUT2D eigenvalue weighted by Gasteiger charge is 2.27. The molecule has 0 N–H and O–H groups in total. The molecular formula is C32H41FN4O. The number of amides is 1. The molecule has 0 radical (unpaired) electrons. The van der Waals surface area contributed by atoms with Crippen LogP contribution in [0.4, 0.5) is 4.39 Å².